The van der Waals surface area contributed by atoms with E-state index in [-0.39, 0.29) is 0 Å². The molecule has 0 bridgehead atoms. The lowest BCUT2D eigenvalue weighted by Gasteiger charge is -2.06. The highest BCUT2D eigenvalue weighted by Gasteiger charge is 1.97. The summed E-state index contributed by atoms with van der Waals surface area (Å²) >= 11 is 1.61. The lowest BCUT2D eigenvalue weighted by Crippen LogP contribution is -2.19. The van der Waals surface area contributed by atoms with Gasteiger partial charge in [-0.05, 0) is 24.3 Å². The van der Waals surface area contributed by atoms with Gasteiger partial charge in [-0.15, -0.1) is 11.3 Å². The number of primary amides is 1. The van der Waals surface area contributed by atoms with E-state index >= 15 is 0 Å². The van der Waals surface area contributed by atoms with Gasteiger partial charge in [0.1, 0.15) is 0 Å². The third-order valence-electron chi connectivity index (χ3n) is 2.10. The summed E-state index contributed by atoms with van der Waals surface area (Å²) in [6.45, 7) is 0.743. The Labute approximate surface area is 103 Å². The molecule has 0 spiro atoms. The molecule has 0 atom stereocenters. The zero-order valence-electron chi connectivity index (χ0n) is 9.01. The average Bonchev–Trinajstić information content (AvgIpc) is 2.80. The van der Waals surface area contributed by atoms with Crippen molar-refractivity contribution in [2.75, 3.05) is 10.6 Å². The Bertz CT molecular complexity index is 481. The molecule has 6 heteroatoms. The molecule has 17 heavy (non-hydrogen) atoms. The number of thiazole rings is 1. The Morgan fingerprint density at radius 2 is 2.00 bits per heavy atom. The van der Waals surface area contributed by atoms with Crippen LogP contribution in [-0.4, -0.2) is 11.0 Å². The van der Waals surface area contributed by atoms with Crippen LogP contribution >= 0.6 is 11.3 Å². The van der Waals surface area contributed by atoms with Crippen molar-refractivity contribution >= 4 is 28.7 Å². The number of nitrogens with one attached hydrogen (secondary N) is 2. The molecule has 1 aromatic heterocycles. The van der Waals surface area contributed by atoms with E-state index in [1.807, 2.05) is 18.3 Å². The number of carbonyl (C=O) groups excluding carboxylic acids is 1. The number of nitrogens with zero attached hydrogens (tertiary/aromatic N) is 1. The number of rotatable bonds is 4. The van der Waals surface area contributed by atoms with E-state index in [2.05, 4.69) is 15.6 Å². The van der Waals surface area contributed by atoms with Crippen LogP contribution in [0.5, 0.6) is 0 Å². The minimum Gasteiger partial charge on any atom is -0.380 e. The minimum absolute atomic E-state index is 0.560. The molecule has 0 unspecified atom stereocenters. The zero-order chi connectivity index (χ0) is 12.1. The van der Waals surface area contributed by atoms with Crippen LogP contribution in [0.1, 0.15) is 4.88 Å². The summed E-state index contributed by atoms with van der Waals surface area (Å²) in [6, 6.07) is 6.79. The average molecular weight is 248 g/mol. The van der Waals surface area contributed by atoms with Crippen LogP contribution in [0.25, 0.3) is 0 Å². The maximum absolute atomic E-state index is 10.6. The number of nitrogens with two attached hydrogens (primary N) is 1. The van der Waals surface area contributed by atoms with Crippen molar-refractivity contribution < 1.29 is 4.79 Å². The van der Waals surface area contributed by atoms with E-state index in [1.165, 1.54) is 4.88 Å². The van der Waals surface area contributed by atoms with Crippen molar-refractivity contribution in [3.05, 3.63) is 40.8 Å². The summed E-state index contributed by atoms with van der Waals surface area (Å²) in [5, 5.41) is 5.76. The number of aromatic nitrogens is 1. The van der Waals surface area contributed by atoms with E-state index in [4.69, 9.17) is 5.73 Å². The Morgan fingerprint density at radius 3 is 2.59 bits per heavy atom. The molecule has 5 nitrogen and oxygen atoms in total. The molecule has 0 fully saturated rings. The Balaban J connectivity index is 1.91. The molecule has 0 aliphatic carbocycles. The number of benzene rings is 1. The number of amides is 2. The van der Waals surface area contributed by atoms with Gasteiger partial charge in [0, 0.05) is 22.4 Å². The molecule has 4 N–H and O–H groups in total. The largest absolute Gasteiger partial charge is 0.380 e. The Hall–Kier alpha value is -2.08. The van der Waals surface area contributed by atoms with Gasteiger partial charge in [-0.25, -0.2) is 4.79 Å². The van der Waals surface area contributed by atoms with Crippen LogP contribution in [-0.2, 0) is 6.54 Å². The van der Waals surface area contributed by atoms with Gasteiger partial charge < -0.3 is 16.4 Å². The topological polar surface area (TPSA) is 80.0 Å². The van der Waals surface area contributed by atoms with Crippen molar-refractivity contribution in [2.24, 2.45) is 5.73 Å². The van der Waals surface area contributed by atoms with E-state index in [9.17, 15) is 4.79 Å². The lowest BCUT2D eigenvalue weighted by atomic mass is 10.3. The van der Waals surface area contributed by atoms with Gasteiger partial charge in [-0.2, -0.15) is 0 Å². The number of carbonyl (C=O) groups is 1. The molecule has 1 heterocycles. The third-order valence-corrected chi connectivity index (χ3v) is 2.88. The lowest BCUT2D eigenvalue weighted by molar-refractivity contribution is 0.259. The molecule has 0 aliphatic rings. The molecule has 0 radical (unpaired) electrons. The SMILES string of the molecule is NC(=O)Nc1ccc(NCc2cncs2)cc1. The Morgan fingerprint density at radius 1 is 1.29 bits per heavy atom. The van der Waals surface area contributed by atoms with Gasteiger partial charge >= 0.3 is 6.03 Å². The second kappa shape index (κ2) is 5.31. The van der Waals surface area contributed by atoms with Crippen LogP contribution in [0, 0.1) is 0 Å². The van der Waals surface area contributed by atoms with Gasteiger partial charge in [0.25, 0.3) is 0 Å². The highest BCUT2D eigenvalue weighted by molar-refractivity contribution is 7.09. The van der Waals surface area contributed by atoms with E-state index < -0.39 is 6.03 Å². The molecule has 2 aromatic rings. The molecule has 2 amide bonds. The van der Waals surface area contributed by atoms with Crippen molar-refractivity contribution in [3.63, 3.8) is 0 Å². The first-order chi connectivity index (χ1) is 8.24. The third kappa shape index (κ3) is 3.46. The summed E-state index contributed by atoms with van der Waals surface area (Å²) in [7, 11) is 0. The van der Waals surface area contributed by atoms with E-state index in [0.717, 1.165) is 12.2 Å². The first-order valence-electron chi connectivity index (χ1n) is 5.02. The molecule has 88 valence electrons. The second-order valence-electron chi connectivity index (χ2n) is 3.39. The highest BCUT2D eigenvalue weighted by atomic mass is 32.1. The summed E-state index contributed by atoms with van der Waals surface area (Å²) in [5.41, 5.74) is 8.48. The number of urea groups is 1. The highest BCUT2D eigenvalue weighted by Crippen LogP contribution is 2.15. The second-order valence-corrected chi connectivity index (χ2v) is 4.36. The van der Waals surface area contributed by atoms with Crippen molar-refractivity contribution in [1.82, 2.24) is 4.98 Å². The quantitative estimate of drug-likeness (QED) is 0.776. The molecular formula is C11H12N4OS. The first-order valence-corrected chi connectivity index (χ1v) is 5.90. The van der Waals surface area contributed by atoms with E-state index in [1.54, 1.807) is 29.0 Å². The molecule has 0 saturated carbocycles. The van der Waals surface area contributed by atoms with Gasteiger partial charge in [-0.1, -0.05) is 0 Å². The smallest absolute Gasteiger partial charge is 0.316 e. The normalized spacial score (nSPS) is 9.88. The van der Waals surface area contributed by atoms with Gasteiger partial charge in [-0.3, -0.25) is 4.98 Å². The summed E-state index contributed by atoms with van der Waals surface area (Å²) < 4.78 is 0. The fourth-order valence-corrected chi connectivity index (χ4v) is 1.87. The van der Waals surface area contributed by atoms with Crippen molar-refractivity contribution in [1.29, 1.82) is 0 Å². The monoisotopic (exact) mass is 248 g/mol. The van der Waals surface area contributed by atoms with Crippen LogP contribution in [0.2, 0.25) is 0 Å². The van der Waals surface area contributed by atoms with Crippen LogP contribution in [0.4, 0.5) is 16.2 Å². The molecule has 2 rings (SSSR count). The fraction of sp³-hybridized carbons (Fsp3) is 0.0909. The summed E-state index contributed by atoms with van der Waals surface area (Å²) in [6.07, 6.45) is 1.83. The molecular weight excluding hydrogens is 236 g/mol. The maximum Gasteiger partial charge on any atom is 0.316 e. The van der Waals surface area contributed by atoms with Crippen molar-refractivity contribution in [2.45, 2.75) is 6.54 Å². The van der Waals surface area contributed by atoms with Gasteiger partial charge in [0.15, 0.2) is 0 Å². The predicted octanol–water partition coefficient (Wildman–Crippen LogP) is 2.25. The minimum atomic E-state index is -0.560. The number of anilines is 2. The van der Waals surface area contributed by atoms with Gasteiger partial charge in [0.05, 0.1) is 12.1 Å². The standard InChI is InChI=1S/C11H12N4OS/c12-11(16)15-9-3-1-8(2-4-9)14-6-10-5-13-7-17-10/h1-5,7,14H,6H2,(H3,12,15,16). The van der Waals surface area contributed by atoms with Gasteiger partial charge in [0.2, 0.25) is 0 Å². The first kappa shape index (κ1) is 11.4. The molecule has 1 aromatic carbocycles. The van der Waals surface area contributed by atoms with Crippen LogP contribution in [0.15, 0.2) is 36.0 Å². The number of hydrogen-bond donors (Lipinski definition) is 3. The number of hydrogen-bond acceptors (Lipinski definition) is 4. The maximum atomic E-state index is 10.6. The molecule has 0 aliphatic heterocycles. The Kier molecular flexibility index (Phi) is 3.56. The zero-order valence-corrected chi connectivity index (χ0v) is 9.83. The predicted molar refractivity (Wildman–Crippen MR) is 69.1 cm³/mol. The molecule has 0 saturated heterocycles. The fourth-order valence-electron chi connectivity index (χ4n) is 1.33. The van der Waals surface area contributed by atoms with E-state index in [0.29, 0.717) is 5.69 Å². The summed E-state index contributed by atoms with van der Waals surface area (Å²) in [5.74, 6) is 0. The van der Waals surface area contributed by atoms with Crippen molar-refractivity contribution in [3.8, 4) is 0 Å². The van der Waals surface area contributed by atoms with Crippen LogP contribution in [0.3, 0.4) is 0 Å². The van der Waals surface area contributed by atoms with Crippen LogP contribution < -0.4 is 16.4 Å². The summed E-state index contributed by atoms with van der Waals surface area (Å²) in [4.78, 5) is 15.8.